The summed E-state index contributed by atoms with van der Waals surface area (Å²) in [4.78, 5) is 0. The highest BCUT2D eigenvalue weighted by Gasteiger charge is 2.27. The Morgan fingerprint density at radius 2 is 1.42 bits per heavy atom. The topological polar surface area (TPSA) is 27.7 Å². The van der Waals surface area contributed by atoms with Gasteiger partial charge in [0.25, 0.3) is 0 Å². The van der Waals surface area contributed by atoms with E-state index >= 15 is 0 Å². The highest BCUT2D eigenvalue weighted by Crippen LogP contribution is 2.39. The van der Waals surface area contributed by atoms with Crippen molar-refractivity contribution in [2.45, 2.75) is 31.6 Å². The van der Waals surface area contributed by atoms with E-state index in [0.29, 0.717) is 29.2 Å². The van der Waals surface area contributed by atoms with Crippen molar-refractivity contribution in [3.63, 3.8) is 0 Å². The largest absolute Gasteiger partial charge is 0.497 e. The first-order valence-corrected chi connectivity index (χ1v) is 11.1. The molecule has 0 spiro atoms. The summed E-state index contributed by atoms with van der Waals surface area (Å²) in [6, 6.07) is 14.7. The molecule has 0 radical (unpaired) electrons. The highest BCUT2D eigenvalue weighted by molar-refractivity contribution is 5.65. The van der Waals surface area contributed by atoms with Gasteiger partial charge in [-0.25, -0.2) is 13.2 Å². The Morgan fingerprint density at radius 3 is 2.06 bits per heavy atom. The summed E-state index contributed by atoms with van der Waals surface area (Å²) in [6.07, 6.45) is 3.09. The molecule has 0 N–H and O–H groups in total. The zero-order chi connectivity index (χ0) is 23.4. The molecule has 1 saturated carbocycles. The molecule has 6 heteroatoms. The van der Waals surface area contributed by atoms with Crippen molar-refractivity contribution in [3.8, 4) is 28.4 Å². The van der Waals surface area contributed by atoms with Gasteiger partial charge in [-0.15, -0.1) is 0 Å². The minimum Gasteiger partial charge on any atom is -0.497 e. The van der Waals surface area contributed by atoms with E-state index in [9.17, 15) is 13.2 Å². The summed E-state index contributed by atoms with van der Waals surface area (Å²) >= 11 is 0. The van der Waals surface area contributed by atoms with Crippen LogP contribution in [0.25, 0.3) is 11.1 Å². The Bertz CT molecular complexity index is 1090. The summed E-state index contributed by atoms with van der Waals surface area (Å²) in [7, 11) is 3.04. The SMILES string of the molecule is COc1ccc(-c2ccc(C3CCC(COc4ccc(OC)cc4F)CC3)c(F)c2F)cc1. The average molecular weight is 457 g/mol. The normalized spacial score (nSPS) is 18.1. The van der Waals surface area contributed by atoms with Crippen LogP contribution >= 0.6 is 0 Å². The second-order valence-electron chi connectivity index (χ2n) is 8.38. The fourth-order valence-electron chi connectivity index (χ4n) is 4.45. The number of hydrogen-bond acceptors (Lipinski definition) is 3. The van der Waals surface area contributed by atoms with Gasteiger partial charge in [0.15, 0.2) is 23.2 Å². The van der Waals surface area contributed by atoms with E-state index in [1.54, 1.807) is 55.6 Å². The first-order valence-electron chi connectivity index (χ1n) is 11.1. The average Bonchev–Trinajstić information content (AvgIpc) is 2.85. The quantitative estimate of drug-likeness (QED) is 0.378. The molecule has 3 aromatic carbocycles. The number of ether oxygens (including phenoxy) is 3. The van der Waals surface area contributed by atoms with Gasteiger partial charge in [-0.05, 0) is 72.9 Å². The van der Waals surface area contributed by atoms with Gasteiger partial charge in [0.2, 0.25) is 0 Å². The molecule has 3 aromatic rings. The summed E-state index contributed by atoms with van der Waals surface area (Å²) < 4.78 is 59.7. The van der Waals surface area contributed by atoms with Crippen LogP contribution in [-0.4, -0.2) is 20.8 Å². The minimum atomic E-state index is -0.821. The maximum atomic E-state index is 15.0. The minimum absolute atomic E-state index is 0.0432. The van der Waals surface area contributed by atoms with E-state index in [-0.39, 0.29) is 23.1 Å². The van der Waals surface area contributed by atoms with Gasteiger partial charge in [-0.2, -0.15) is 0 Å². The lowest BCUT2D eigenvalue weighted by atomic mass is 9.78. The molecule has 174 valence electrons. The molecule has 0 aromatic heterocycles. The zero-order valence-corrected chi connectivity index (χ0v) is 18.7. The molecule has 4 rings (SSSR count). The van der Waals surface area contributed by atoms with Crippen molar-refractivity contribution < 1.29 is 27.4 Å². The number of halogens is 3. The van der Waals surface area contributed by atoms with Crippen molar-refractivity contribution >= 4 is 0 Å². The first-order chi connectivity index (χ1) is 16.0. The fourth-order valence-corrected chi connectivity index (χ4v) is 4.45. The molecule has 0 bridgehead atoms. The fraction of sp³-hybridized carbons (Fsp3) is 0.333. The van der Waals surface area contributed by atoms with Crippen molar-refractivity contribution in [2.24, 2.45) is 5.92 Å². The lowest BCUT2D eigenvalue weighted by Crippen LogP contribution is -2.20. The molecule has 0 unspecified atom stereocenters. The third kappa shape index (κ3) is 5.10. The van der Waals surface area contributed by atoms with Gasteiger partial charge in [-0.1, -0.05) is 24.3 Å². The van der Waals surface area contributed by atoms with Crippen molar-refractivity contribution in [1.82, 2.24) is 0 Å². The molecule has 3 nitrogen and oxygen atoms in total. The Hall–Kier alpha value is -3.15. The Morgan fingerprint density at radius 1 is 0.758 bits per heavy atom. The predicted octanol–water partition coefficient (Wildman–Crippen LogP) is 7.14. The van der Waals surface area contributed by atoms with Crippen molar-refractivity contribution in [3.05, 3.63) is 77.6 Å². The maximum Gasteiger partial charge on any atom is 0.168 e. The summed E-state index contributed by atoms with van der Waals surface area (Å²) in [5, 5.41) is 0. The maximum absolute atomic E-state index is 15.0. The van der Waals surface area contributed by atoms with E-state index in [0.717, 1.165) is 25.7 Å². The monoisotopic (exact) mass is 456 g/mol. The molecule has 0 atom stereocenters. The van der Waals surface area contributed by atoms with Crippen LogP contribution in [0.2, 0.25) is 0 Å². The second kappa shape index (κ2) is 10.2. The van der Waals surface area contributed by atoms with Crippen LogP contribution < -0.4 is 14.2 Å². The molecular weight excluding hydrogens is 429 g/mol. The number of rotatable bonds is 7. The van der Waals surface area contributed by atoms with Gasteiger partial charge in [-0.3, -0.25) is 0 Å². The van der Waals surface area contributed by atoms with Gasteiger partial charge >= 0.3 is 0 Å². The van der Waals surface area contributed by atoms with Crippen LogP contribution in [0.5, 0.6) is 17.2 Å². The highest BCUT2D eigenvalue weighted by atomic mass is 19.2. The predicted molar refractivity (Wildman–Crippen MR) is 121 cm³/mol. The molecule has 1 fully saturated rings. The summed E-state index contributed by atoms with van der Waals surface area (Å²) in [6.45, 7) is 0.392. The van der Waals surface area contributed by atoms with Gasteiger partial charge in [0.1, 0.15) is 11.5 Å². The Labute approximate surface area is 192 Å². The Balaban J connectivity index is 1.37. The summed E-state index contributed by atoms with van der Waals surface area (Å²) in [5.41, 5.74) is 1.26. The van der Waals surface area contributed by atoms with E-state index in [1.807, 2.05) is 0 Å². The standard InChI is InChI=1S/C27H27F3O3/c1-31-20-9-7-19(8-10-20)23-13-12-22(26(29)27(23)30)18-5-3-17(4-6-18)16-33-25-14-11-21(32-2)15-24(25)28/h7-15,17-18H,3-6,16H2,1-2H3. The lowest BCUT2D eigenvalue weighted by Gasteiger charge is -2.29. The molecular formula is C27H27F3O3. The smallest absolute Gasteiger partial charge is 0.168 e. The van der Waals surface area contributed by atoms with Crippen LogP contribution in [0.1, 0.15) is 37.2 Å². The van der Waals surface area contributed by atoms with Crippen LogP contribution in [0, 0.1) is 23.4 Å². The van der Waals surface area contributed by atoms with Crippen LogP contribution in [0.4, 0.5) is 13.2 Å². The first kappa shape index (κ1) is 23.0. The molecule has 0 aliphatic heterocycles. The van der Waals surface area contributed by atoms with E-state index in [1.165, 1.54) is 13.2 Å². The molecule has 0 heterocycles. The third-order valence-corrected chi connectivity index (χ3v) is 6.41. The van der Waals surface area contributed by atoms with Gasteiger partial charge in [0.05, 0.1) is 20.8 Å². The number of benzene rings is 3. The van der Waals surface area contributed by atoms with Crippen LogP contribution in [0.3, 0.4) is 0 Å². The molecule has 33 heavy (non-hydrogen) atoms. The third-order valence-electron chi connectivity index (χ3n) is 6.41. The van der Waals surface area contributed by atoms with Crippen LogP contribution in [0.15, 0.2) is 54.6 Å². The van der Waals surface area contributed by atoms with Gasteiger partial charge < -0.3 is 14.2 Å². The van der Waals surface area contributed by atoms with Gasteiger partial charge in [0, 0.05) is 11.6 Å². The van der Waals surface area contributed by atoms with E-state index in [4.69, 9.17) is 14.2 Å². The Kier molecular flexibility index (Phi) is 7.11. The molecule has 0 amide bonds. The van der Waals surface area contributed by atoms with Crippen molar-refractivity contribution in [2.75, 3.05) is 20.8 Å². The molecule has 0 saturated heterocycles. The molecule has 1 aliphatic rings. The van der Waals surface area contributed by atoms with E-state index < -0.39 is 17.5 Å². The van der Waals surface area contributed by atoms with E-state index in [2.05, 4.69) is 0 Å². The summed E-state index contributed by atoms with van der Waals surface area (Å²) in [5.74, 6) is -0.564. The zero-order valence-electron chi connectivity index (χ0n) is 18.7. The number of hydrogen-bond donors (Lipinski definition) is 0. The lowest BCUT2D eigenvalue weighted by molar-refractivity contribution is 0.193. The van der Waals surface area contributed by atoms with Crippen molar-refractivity contribution in [1.29, 1.82) is 0 Å². The second-order valence-corrected chi connectivity index (χ2v) is 8.38. The number of methoxy groups -OCH3 is 2. The van der Waals surface area contributed by atoms with Crippen LogP contribution in [-0.2, 0) is 0 Å². The molecule has 1 aliphatic carbocycles.